The van der Waals surface area contributed by atoms with E-state index >= 15 is 0 Å². The molecule has 1 unspecified atom stereocenters. The predicted molar refractivity (Wildman–Crippen MR) is 99.3 cm³/mol. The van der Waals surface area contributed by atoms with Crippen molar-refractivity contribution in [1.29, 1.82) is 5.26 Å². The van der Waals surface area contributed by atoms with Crippen LogP contribution in [-0.2, 0) is 26.1 Å². The van der Waals surface area contributed by atoms with Gasteiger partial charge in [0.1, 0.15) is 5.41 Å². The number of halogens is 2. The lowest BCUT2D eigenvalue weighted by Gasteiger charge is -2.27. The Morgan fingerprint density at radius 1 is 1.16 bits per heavy atom. The van der Waals surface area contributed by atoms with Gasteiger partial charge in [-0.3, -0.25) is 4.18 Å². The monoisotopic (exact) mass is 397 g/mol. The van der Waals surface area contributed by atoms with Gasteiger partial charge in [0.05, 0.1) is 18.9 Å². The van der Waals surface area contributed by atoms with Crippen LogP contribution in [-0.4, -0.2) is 21.3 Å². The molecule has 0 heterocycles. The first-order valence-corrected chi connectivity index (χ1v) is 10.1. The maximum Gasteiger partial charge on any atom is 0.264 e. The summed E-state index contributed by atoms with van der Waals surface area (Å²) in [7, 11) is -3.70. The van der Waals surface area contributed by atoms with Crippen molar-refractivity contribution >= 4 is 33.3 Å². The van der Waals surface area contributed by atoms with Gasteiger partial charge in [0.15, 0.2) is 0 Å². The highest BCUT2D eigenvalue weighted by Crippen LogP contribution is 2.36. The number of aryl methyl sites for hydroxylation is 1. The molecule has 0 aliphatic heterocycles. The number of hydrogen-bond acceptors (Lipinski definition) is 4. The molecule has 2 rings (SSSR count). The first kappa shape index (κ1) is 19.7. The van der Waals surface area contributed by atoms with Crippen molar-refractivity contribution in [3.8, 4) is 6.07 Å². The predicted octanol–water partition coefficient (Wildman–Crippen LogP) is 4.36. The maximum absolute atomic E-state index is 11.5. The Hall–Kier alpha value is -1.58. The van der Waals surface area contributed by atoms with Gasteiger partial charge in [-0.1, -0.05) is 59.6 Å². The van der Waals surface area contributed by atoms with Gasteiger partial charge < -0.3 is 0 Å². The molecule has 0 bridgehead atoms. The smallest absolute Gasteiger partial charge is 0.264 e. The number of hydrogen-bond donors (Lipinski definition) is 0. The van der Waals surface area contributed by atoms with Crippen molar-refractivity contribution in [2.45, 2.75) is 18.3 Å². The summed E-state index contributed by atoms with van der Waals surface area (Å²) in [5.74, 6) is 0. The molecule has 0 aliphatic carbocycles. The highest BCUT2D eigenvalue weighted by atomic mass is 35.5. The zero-order chi connectivity index (χ0) is 18.5. The maximum atomic E-state index is 11.5. The van der Waals surface area contributed by atoms with Gasteiger partial charge in [0.25, 0.3) is 10.1 Å². The van der Waals surface area contributed by atoms with Crippen LogP contribution in [0.2, 0.25) is 10.0 Å². The second-order valence-corrected chi connectivity index (χ2v) is 8.26. The van der Waals surface area contributed by atoms with Crippen LogP contribution in [0.25, 0.3) is 0 Å². The topological polar surface area (TPSA) is 67.2 Å². The van der Waals surface area contributed by atoms with Crippen molar-refractivity contribution in [3.63, 3.8) is 0 Å². The Labute approximate surface area is 158 Å². The van der Waals surface area contributed by atoms with Gasteiger partial charge in [-0.15, -0.1) is 0 Å². The van der Waals surface area contributed by atoms with Crippen LogP contribution in [0.3, 0.4) is 0 Å². The standard InChI is InChI=1S/C18H17Cl2NO3S/c1-25(22,23)24-13-18(12-21,10-9-14-5-3-2-4-6-14)16-8-7-15(19)11-17(16)20/h2-8,11H,9-10,13H2,1H3. The Balaban J connectivity index is 2.39. The normalized spacial score (nSPS) is 13.8. The van der Waals surface area contributed by atoms with E-state index in [4.69, 9.17) is 27.4 Å². The highest BCUT2D eigenvalue weighted by Gasteiger charge is 2.36. The molecule has 2 aromatic carbocycles. The molecule has 0 N–H and O–H groups in total. The minimum Gasteiger partial charge on any atom is -0.268 e. The number of nitrogens with zero attached hydrogens (tertiary/aromatic N) is 1. The summed E-state index contributed by atoms with van der Waals surface area (Å²) in [6.45, 7) is -0.309. The molecule has 0 aliphatic rings. The molecule has 4 nitrogen and oxygen atoms in total. The Bertz CT molecular complexity index is 879. The third-order valence-electron chi connectivity index (χ3n) is 3.86. The van der Waals surface area contributed by atoms with E-state index in [0.717, 1.165) is 11.8 Å². The number of benzene rings is 2. The van der Waals surface area contributed by atoms with E-state index in [1.807, 2.05) is 30.3 Å². The van der Waals surface area contributed by atoms with E-state index in [1.54, 1.807) is 12.1 Å². The largest absolute Gasteiger partial charge is 0.268 e. The zero-order valence-electron chi connectivity index (χ0n) is 13.6. The SMILES string of the molecule is CS(=O)(=O)OCC(C#N)(CCc1ccccc1)c1ccc(Cl)cc1Cl. The van der Waals surface area contributed by atoms with Gasteiger partial charge in [0.2, 0.25) is 0 Å². The van der Waals surface area contributed by atoms with Crippen LogP contribution in [0.15, 0.2) is 48.5 Å². The fourth-order valence-electron chi connectivity index (χ4n) is 2.52. The van der Waals surface area contributed by atoms with Gasteiger partial charge in [0, 0.05) is 10.0 Å². The summed E-state index contributed by atoms with van der Waals surface area (Å²) in [5.41, 5.74) is 0.327. The van der Waals surface area contributed by atoms with E-state index in [0.29, 0.717) is 28.5 Å². The minimum atomic E-state index is -3.70. The molecular weight excluding hydrogens is 381 g/mol. The van der Waals surface area contributed by atoms with E-state index in [9.17, 15) is 13.7 Å². The molecule has 7 heteroatoms. The second kappa shape index (κ2) is 8.20. The van der Waals surface area contributed by atoms with Crippen molar-refractivity contribution in [3.05, 3.63) is 69.7 Å². The molecule has 0 saturated carbocycles. The molecule has 0 aromatic heterocycles. The lowest BCUT2D eigenvalue weighted by atomic mass is 9.78. The summed E-state index contributed by atoms with van der Waals surface area (Å²) < 4.78 is 27.9. The van der Waals surface area contributed by atoms with E-state index in [1.165, 1.54) is 6.07 Å². The van der Waals surface area contributed by atoms with Crippen LogP contribution in [0.1, 0.15) is 17.5 Å². The molecule has 0 spiro atoms. The molecule has 2 aromatic rings. The zero-order valence-corrected chi connectivity index (χ0v) is 15.9. The number of rotatable bonds is 7. The quantitative estimate of drug-likeness (QED) is 0.650. The summed E-state index contributed by atoms with van der Waals surface area (Å²) in [6, 6.07) is 16.6. The van der Waals surface area contributed by atoms with Crippen molar-refractivity contribution in [2.75, 3.05) is 12.9 Å². The summed E-state index contributed by atoms with van der Waals surface area (Å²) in [6.07, 6.45) is 1.88. The van der Waals surface area contributed by atoms with Crippen LogP contribution in [0, 0.1) is 11.3 Å². The average Bonchev–Trinajstić information content (AvgIpc) is 2.56. The fraction of sp³-hybridized carbons (Fsp3) is 0.278. The molecule has 1 atom stereocenters. The van der Waals surface area contributed by atoms with Crippen molar-refractivity contribution in [2.24, 2.45) is 0 Å². The molecule has 0 saturated heterocycles. The second-order valence-electron chi connectivity index (χ2n) is 5.77. The van der Waals surface area contributed by atoms with Crippen LogP contribution in [0.5, 0.6) is 0 Å². The van der Waals surface area contributed by atoms with Gasteiger partial charge in [-0.05, 0) is 36.1 Å². The van der Waals surface area contributed by atoms with E-state index in [-0.39, 0.29) is 6.61 Å². The molecule has 132 valence electrons. The lowest BCUT2D eigenvalue weighted by molar-refractivity contribution is 0.250. The van der Waals surface area contributed by atoms with Crippen molar-refractivity contribution in [1.82, 2.24) is 0 Å². The molecule has 0 fully saturated rings. The van der Waals surface area contributed by atoms with Gasteiger partial charge >= 0.3 is 0 Å². The first-order valence-electron chi connectivity index (χ1n) is 7.51. The average molecular weight is 398 g/mol. The summed E-state index contributed by atoms with van der Waals surface area (Å²) in [5, 5.41) is 10.6. The Kier molecular flexibility index (Phi) is 6.47. The van der Waals surface area contributed by atoms with Gasteiger partial charge in [-0.2, -0.15) is 13.7 Å². The molecule has 25 heavy (non-hydrogen) atoms. The third-order valence-corrected chi connectivity index (χ3v) is 4.96. The van der Waals surface area contributed by atoms with Gasteiger partial charge in [-0.25, -0.2) is 0 Å². The van der Waals surface area contributed by atoms with Crippen LogP contribution in [0.4, 0.5) is 0 Å². The summed E-state index contributed by atoms with van der Waals surface area (Å²) >= 11 is 12.2. The van der Waals surface area contributed by atoms with E-state index in [2.05, 4.69) is 6.07 Å². The first-order chi connectivity index (χ1) is 11.8. The van der Waals surface area contributed by atoms with E-state index < -0.39 is 15.5 Å². The lowest BCUT2D eigenvalue weighted by Crippen LogP contribution is -2.32. The number of nitriles is 1. The van der Waals surface area contributed by atoms with Crippen LogP contribution < -0.4 is 0 Å². The third kappa shape index (κ3) is 5.45. The highest BCUT2D eigenvalue weighted by molar-refractivity contribution is 7.85. The molecule has 0 radical (unpaired) electrons. The molecular formula is C18H17Cl2NO3S. The Morgan fingerprint density at radius 2 is 1.84 bits per heavy atom. The summed E-state index contributed by atoms with van der Waals surface area (Å²) in [4.78, 5) is 0. The van der Waals surface area contributed by atoms with Crippen molar-refractivity contribution < 1.29 is 12.6 Å². The van der Waals surface area contributed by atoms with Crippen LogP contribution >= 0.6 is 23.2 Å². The fourth-order valence-corrected chi connectivity index (χ4v) is 3.53. The molecule has 0 amide bonds. The minimum absolute atomic E-state index is 0.305. The Morgan fingerprint density at radius 3 is 2.40 bits per heavy atom.